The Bertz CT molecular complexity index is 721. The van der Waals surface area contributed by atoms with E-state index < -0.39 is 0 Å². The highest BCUT2D eigenvalue weighted by molar-refractivity contribution is 5.82. The predicted octanol–water partition coefficient (Wildman–Crippen LogP) is 3.84. The van der Waals surface area contributed by atoms with Gasteiger partial charge in [0.05, 0.1) is 0 Å². The zero-order valence-electron chi connectivity index (χ0n) is 11.2. The van der Waals surface area contributed by atoms with E-state index in [1.807, 2.05) is 12.1 Å². The summed E-state index contributed by atoms with van der Waals surface area (Å²) in [5.74, 6) is 0.315. The van der Waals surface area contributed by atoms with Crippen molar-refractivity contribution < 1.29 is 5.11 Å². The van der Waals surface area contributed by atoms with Crippen LogP contribution in [0.4, 0.5) is 0 Å². The molecule has 3 rings (SSSR count). The van der Waals surface area contributed by atoms with Gasteiger partial charge in [0, 0.05) is 13.1 Å². The molecule has 0 spiro atoms. The summed E-state index contributed by atoms with van der Waals surface area (Å²) in [5.41, 5.74) is 2.36. The van der Waals surface area contributed by atoms with Gasteiger partial charge in [-0.3, -0.25) is 0 Å². The molecule has 0 atom stereocenters. The van der Waals surface area contributed by atoms with Crippen molar-refractivity contribution >= 4 is 10.8 Å². The number of nitrogens with one attached hydrogen (secondary N) is 1. The van der Waals surface area contributed by atoms with Crippen molar-refractivity contribution in [1.29, 1.82) is 0 Å². The van der Waals surface area contributed by atoms with Crippen LogP contribution < -0.4 is 5.32 Å². The first kappa shape index (κ1) is 12.7. The Balaban J connectivity index is 1.65. The number of phenols is 1. The molecule has 3 aromatic carbocycles. The van der Waals surface area contributed by atoms with Crippen LogP contribution in [-0.2, 0) is 13.1 Å². The molecule has 2 N–H and O–H groups in total. The summed E-state index contributed by atoms with van der Waals surface area (Å²) in [6, 6.07) is 22.2. The quantitative estimate of drug-likeness (QED) is 0.749. The van der Waals surface area contributed by atoms with Crippen LogP contribution in [-0.4, -0.2) is 5.11 Å². The van der Waals surface area contributed by atoms with Gasteiger partial charge in [0.2, 0.25) is 0 Å². The number of hydrogen-bond donors (Lipinski definition) is 2. The first-order chi connectivity index (χ1) is 9.81. The second kappa shape index (κ2) is 5.76. The Morgan fingerprint density at radius 3 is 2.25 bits per heavy atom. The van der Waals surface area contributed by atoms with E-state index in [2.05, 4.69) is 47.8 Å². The molecule has 0 amide bonds. The number of benzene rings is 3. The van der Waals surface area contributed by atoms with E-state index in [1.165, 1.54) is 16.3 Å². The summed E-state index contributed by atoms with van der Waals surface area (Å²) in [6.45, 7) is 1.57. The maximum absolute atomic E-state index is 9.42. The molecule has 0 aliphatic carbocycles. The van der Waals surface area contributed by atoms with Crippen LogP contribution in [0.5, 0.6) is 5.75 Å². The van der Waals surface area contributed by atoms with Crippen LogP contribution in [0.2, 0.25) is 0 Å². The van der Waals surface area contributed by atoms with Crippen molar-refractivity contribution in [2.45, 2.75) is 13.1 Å². The second-order valence-corrected chi connectivity index (χ2v) is 4.95. The molecule has 2 heteroatoms. The average Bonchev–Trinajstić information content (AvgIpc) is 2.47. The molecule has 0 saturated heterocycles. The minimum atomic E-state index is 0.315. The Kier molecular flexibility index (Phi) is 3.66. The molecule has 3 aromatic rings. The lowest BCUT2D eigenvalue weighted by Crippen LogP contribution is -2.12. The second-order valence-electron chi connectivity index (χ2n) is 4.95. The number of hydrogen-bond acceptors (Lipinski definition) is 2. The maximum Gasteiger partial charge on any atom is 0.115 e. The Hall–Kier alpha value is -2.32. The summed E-state index contributed by atoms with van der Waals surface area (Å²) in [7, 11) is 0. The van der Waals surface area contributed by atoms with E-state index in [0.29, 0.717) is 5.75 Å². The molecule has 0 bridgehead atoms. The van der Waals surface area contributed by atoms with Crippen molar-refractivity contribution in [2.75, 3.05) is 0 Å². The van der Waals surface area contributed by atoms with Gasteiger partial charge in [-0.05, 0) is 40.1 Å². The van der Waals surface area contributed by atoms with Gasteiger partial charge in [-0.15, -0.1) is 0 Å². The van der Waals surface area contributed by atoms with Gasteiger partial charge in [0.1, 0.15) is 5.75 Å². The summed E-state index contributed by atoms with van der Waals surface area (Å²) in [5, 5.41) is 15.4. The first-order valence-electron chi connectivity index (χ1n) is 6.77. The smallest absolute Gasteiger partial charge is 0.115 e. The molecule has 100 valence electrons. The highest BCUT2D eigenvalue weighted by atomic mass is 16.3. The molecule has 0 aliphatic rings. The fourth-order valence-corrected chi connectivity index (χ4v) is 2.37. The summed E-state index contributed by atoms with van der Waals surface area (Å²) in [6.07, 6.45) is 0. The molecule has 0 unspecified atom stereocenters. The van der Waals surface area contributed by atoms with Gasteiger partial charge >= 0.3 is 0 Å². The van der Waals surface area contributed by atoms with E-state index in [-0.39, 0.29) is 0 Å². The molecule has 2 nitrogen and oxygen atoms in total. The van der Waals surface area contributed by atoms with Crippen LogP contribution in [0.3, 0.4) is 0 Å². The predicted molar refractivity (Wildman–Crippen MR) is 82.6 cm³/mol. The summed E-state index contributed by atoms with van der Waals surface area (Å²) < 4.78 is 0. The SMILES string of the molecule is Oc1cccc(CNCc2ccc3ccccc3c2)c1. The van der Waals surface area contributed by atoms with Crippen LogP contribution in [0.15, 0.2) is 66.7 Å². The van der Waals surface area contributed by atoms with Crippen LogP contribution in [0, 0.1) is 0 Å². The monoisotopic (exact) mass is 263 g/mol. The highest BCUT2D eigenvalue weighted by Crippen LogP contribution is 2.16. The molecular weight excluding hydrogens is 246 g/mol. The molecule has 0 aliphatic heterocycles. The van der Waals surface area contributed by atoms with Crippen LogP contribution in [0.1, 0.15) is 11.1 Å². The topological polar surface area (TPSA) is 32.3 Å². The van der Waals surface area contributed by atoms with Gasteiger partial charge in [-0.1, -0.05) is 48.5 Å². The molecule has 0 aromatic heterocycles. The fraction of sp³-hybridized carbons (Fsp3) is 0.111. The molecule has 0 radical (unpaired) electrons. The molecular formula is C18H17NO. The minimum Gasteiger partial charge on any atom is -0.508 e. The summed E-state index contributed by atoms with van der Waals surface area (Å²) >= 11 is 0. The van der Waals surface area contributed by atoms with Crippen molar-refractivity contribution in [3.8, 4) is 5.75 Å². The Morgan fingerprint density at radius 1 is 0.700 bits per heavy atom. The standard InChI is InChI=1S/C18H17NO/c20-18-7-3-4-14(11-18)12-19-13-15-8-9-16-5-1-2-6-17(16)10-15/h1-11,19-20H,12-13H2. The Labute approximate surface area is 118 Å². The Morgan fingerprint density at radius 2 is 1.45 bits per heavy atom. The van der Waals surface area contributed by atoms with Gasteiger partial charge < -0.3 is 10.4 Å². The lowest BCUT2D eigenvalue weighted by molar-refractivity contribution is 0.474. The number of phenolic OH excluding ortho intramolecular Hbond substituents is 1. The van der Waals surface area contributed by atoms with E-state index >= 15 is 0 Å². The zero-order chi connectivity index (χ0) is 13.8. The highest BCUT2D eigenvalue weighted by Gasteiger charge is 1.97. The van der Waals surface area contributed by atoms with Crippen LogP contribution in [0.25, 0.3) is 10.8 Å². The van der Waals surface area contributed by atoms with E-state index in [4.69, 9.17) is 0 Å². The van der Waals surface area contributed by atoms with E-state index in [9.17, 15) is 5.11 Å². The van der Waals surface area contributed by atoms with Crippen molar-refractivity contribution in [2.24, 2.45) is 0 Å². The number of fused-ring (bicyclic) bond motifs is 1. The van der Waals surface area contributed by atoms with Gasteiger partial charge in [0.15, 0.2) is 0 Å². The lowest BCUT2D eigenvalue weighted by Gasteiger charge is -2.07. The largest absolute Gasteiger partial charge is 0.508 e. The van der Waals surface area contributed by atoms with Gasteiger partial charge in [0.25, 0.3) is 0 Å². The third-order valence-corrected chi connectivity index (χ3v) is 3.38. The van der Waals surface area contributed by atoms with Crippen molar-refractivity contribution in [3.63, 3.8) is 0 Å². The van der Waals surface area contributed by atoms with E-state index in [1.54, 1.807) is 12.1 Å². The molecule has 20 heavy (non-hydrogen) atoms. The average molecular weight is 263 g/mol. The van der Waals surface area contributed by atoms with Crippen molar-refractivity contribution in [3.05, 3.63) is 77.9 Å². The molecule has 0 fully saturated rings. The first-order valence-corrected chi connectivity index (χ1v) is 6.77. The minimum absolute atomic E-state index is 0.315. The number of rotatable bonds is 4. The van der Waals surface area contributed by atoms with Gasteiger partial charge in [-0.25, -0.2) is 0 Å². The normalized spacial score (nSPS) is 10.8. The zero-order valence-corrected chi connectivity index (χ0v) is 11.2. The third kappa shape index (κ3) is 2.98. The molecule has 0 heterocycles. The van der Waals surface area contributed by atoms with Gasteiger partial charge in [-0.2, -0.15) is 0 Å². The fourth-order valence-electron chi connectivity index (χ4n) is 2.37. The van der Waals surface area contributed by atoms with Crippen LogP contribution >= 0.6 is 0 Å². The maximum atomic E-state index is 9.42. The number of aromatic hydroxyl groups is 1. The molecule has 0 saturated carbocycles. The summed E-state index contributed by atoms with van der Waals surface area (Å²) in [4.78, 5) is 0. The van der Waals surface area contributed by atoms with E-state index in [0.717, 1.165) is 18.7 Å². The van der Waals surface area contributed by atoms with Crippen molar-refractivity contribution in [1.82, 2.24) is 5.32 Å². The lowest BCUT2D eigenvalue weighted by atomic mass is 10.1. The third-order valence-electron chi connectivity index (χ3n) is 3.38.